The van der Waals surface area contributed by atoms with E-state index in [0.717, 1.165) is 5.56 Å². The highest BCUT2D eigenvalue weighted by Crippen LogP contribution is 2.19. The largest absolute Gasteiger partial charge is 0.444 e. The second kappa shape index (κ2) is 11.2. The quantitative estimate of drug-likeness (QED) is 0.570. The SMILES string of the molecule is C=CC[C@H](NC(=O)OC(C)(C)C)C(=O)CCc1ccccc1NC(=O)[C@H](C)C=C. The summed E-state index contributed by atoms with van der Waals surface area (Å²) in [5.41, 5.74) is 0.866. The number of amides is 2. The van der Waals surface area contributed by atoms with E-state index in [1.807, 2.05) is 18.2 Å². The Bertz CT molecular complexity index is 749. The lowest BCUT2D eigenvalue weighted by Gasteiger charge is -2.22. The van der Waals surface area contributed by atoms with E-state index in [1.54, 1.807) is 45.9 Å². The summed E-state index contributed by atoms with van der Waals surface area (Å²) in [5.74, 6) is -0.606. The summed E-state index contributed by atoms with van der Waals surface area (Å²) < 4.78 is 5.23. The minimum atomic E-state index is -0.704. The second-order valence-electron chi connectivity index (χ2n) is 7.86. The molecule has 0 unspecified atom stereocenters. The molecule has 6 nitrogen and oxygen atoms in total. The maximum absolute atomic E-state index is 12.7. The van der Waals surface area contributed by atoms with Gasteiger partial charge in [0.25, 0.3) is 0 Å². The molecular weight excluding hydrogens is 368 g/mol. The van der Waals surface area contributed by atoms with Crippen LogP contribution in [-0.2, 0) is 20.7 Å². The number of carbonyl (C=O) groups excluding carboxylic acids is 3. The van der Waals surface area contributed by atoms with Crippen LogP contribution in [0.2, 0.25) is 0 Å². The molecule has 2 N–H and O–H groups in total. The summed E-state index contributed by atoms with van der Waals surface area (Å²) >= 11 is 0. The first-order valence-electron chi connectivity index (χ1n) is 9.71. The van der Waals surface area contributed by atoms with Gasteiger partial charge in [-0.15, -0.1) is 13.2 Å². The van der Waals surface area contributed by atoms with Gasteiger partial charge in [-0.1, -0.05) is 37.3 Å². The zero-order chi connectivity index (χ0) is 22.0. The molecule has 0 heterocycles. The molecule has 158 valence electrons. The van der Waals surface area contributed by atoms with Crippen LogP contribution >= 0.6 is 0 Å². The van der Waals surface area contributed by atoms with Crippen molar-refractivity contribution in [2.24, 2.45) is 5.92 Å². The molecule has 0 bridgehead atoms. The molecule has 0 saturated carbocycles. The normalized spacial score (nSPS) is 13.0. The van der Waals surface area contributed by atoms with Gasteiger partial charge in [0.1, 0.15) is 5.60 Å². The highest BCUT2D eigenvalue weighted by molar-refractivity contribution is 5.94. The number of rotatable bonds is 10. The molecule has 0 aliphatic heterocycles. The number of ether oxygens (including phenoxy) is 1. The van der Waals surface area contributed by atoms with Crippen LogP contribution in [0.15, 0.2) is 49.6 Å². The van der Waals surface area contributed by atoms with Crippen LogP contribution in [0, 0.1) is 5.92 Å². The van der Waals surface area contributed by atoms with Crippen LogP contribution in [0.3, 0.4) is 0 Å². The van der Waals surface area contributed by atoms with E-state index in [0.29, 0.717) is 18.5 Å². The minimum absolute atomic E-state index is 0.128. The lowest BCUT2D eigenvalue weighted by Crippen LogP contribution is -2.43. The lowest BCUT2D eigenvalue weighted by atomic mass is 10.00. The number of hydrogen-bond acceptors (Lipinski definition) is 4. The molecule has 0 aromatic heterocycles. The number of aryl methyl sites for hydroxylation is 1. The Hall–Kier alpha value is -2.89. The van der Waals surface area contributed by atoms with Crippen molar-refractivity contribution < 1.29 is 19.1 Å². The highest BCUT2D eigenvalue weighted by atomic mass is 16.6. The Morgan fingerprint density at radius 2 is 1.83 bits per heavy atom. The standard InChI is InChI=1S/C23H32N2O4/c1-7-11-19(25-22(28)29-23(4,5)6)20(26)15-14-17-12-9-10-13-18(17)24-21(27)16(3)8-2/h7-10,12-13,16,19H,1-2,11,14-15H2,3-6H3,(H,24,27)(H,25,28)/t16-,19+/m1/s1. The van der Waals surface area contributed by atoms with Gasteiger partial charge in [-0.2, -0.15) is 0 Å². The Labute approximate surface area is 173 Å². The lowest BCUT2D eigenvalue weighted by molar-refractivity contribution is -0.121. The first-order chi connectivity index (χ1) is 13.6. The molecule has 0 spiro atoms. The van der Waals surface area contributed by atoms with E-state index in [4.69, 9.17) is 4.74 Å². The van der Waals surface area contributed by atoms with Crippen molar-refractivity contribution in [2.75, 3.05) is 5.32 Å². The topological polar surface area (TPSA) is 84.5 Å². The molecule has 2 atom stereocenters. The van der Waals surface area contributed by atoms with Crippen LogP contribution in [-0.4, -0.2) is 29.4 Å². The second-order valence-corrected chi connectivity index (χ2v) is 7.86. The third kappa shape index (κ3) is 8.77. The van der Waals surface area contributed by atoms with E-state index < -0.39 is 17.7 Å². The van der Waals surface area contributed by atoms with Crippen LogP contribution in [0.1, 0.15) is 46.1 Å². The molecule has 2 amide bonds. The van der Waals surface area contributed by atoms with Gasteiger partial charge in [0.15, 0.2) is 5.78 Å². The summed E-state index contributed by atoms with van der Waals surface area (Å²) in [6.45, 7) is 14.3. The van der Waals surface area contributed by atoms with Crippen LogP contribution in [0.25, 0.3) is 0 Å². The number of nitrogens with one attached hydrogen (secondary N) is 2. The van der Waals surface area contributed by atoms with Gasteiger partial charge < -0.3 is 15.4 Å². The van der Waals surface area contributed by atoms with E-state index >= 15 is 0 Å². The summed E-state index contributed by atoms with van der Waals surface area (Å²) in [6, 6.07) is 6.64. The average Bonchev–Trinajstić information content (AvgIpc) is 2.64. The Balaban J connectivity index is 2.78. The number of hydrogen-bond donors (Lipinski definition) is 2. The molecular formula is C23H32N2O4. The number of para-hydroxylation sites is 1. The first kappa shape index (κ1) is 24.1. The molecule has 1 aromatic carbocycles. The Morgan fingerprint density at radius 1 is 1.17 bits per heavy atom. The van der Waals surface area contributed by atoms with E-state index in [9.17, 15) is 14.4 Å². The summed E-state index contributed by atoms with van der Waals surface area (Å²) in [5, 5.41) is 5.49. The summed E-state index contributed by atoms with van der Waals surface area (Å²) in [6.07, 6.45) is 3.48. The fraction of sp³-hybridized carbons (Fsp3) is 0.435. The molecule has 0 fully saturated rings. The average molecular weight is 401 g/mol. The fourth-order valence-electron chi connectivity index (χ4n) is 2.53. The molecule has 1 aromatic rings. The van der Waals surface area contributed by atoms with Crippen molar-refractivity contribution in [3.63, 3.8) is 0 Å². The highest BCUT2D eigenvalue weighted by Gasteiger charge is 2.23. The van der Waals surface area contributed by atoms with Crippen LogP contribution in [0.5, 0.6) is 0 Å². The minimum Gasteiger partial charge on any atom is -0.444 e. The zero-order valence-corrected chi connectivity index (χ0v) is 17.8. The molecule has 6 heteroatoms. The third-order valence-electron chi connectivity index (χ3n) is 4.17. The number of ketones is 1. The predicted molar refractivity (Wildman–Crippen MR) is 116 cm³/mol. The van der Waals surface area contributed by atoms with Crippen molar-refractivity contribution in [1.82, 2.24) is 5.32 Å². The number of Topliss-reactive ketones (excluding diaryl/α,β-unsaturated/α-hetero) is 1. The molecule has 0 saturated heterocycles. The van der Waals surface area contributed by atoms with Gasteiger partial charge in [-0.05, 0) is 45.2 Å². The molecule has 0 aliphatic carbocycles. The monoisotopic (exact) mass is 400 g/mol. The van der Waals surface area contributed by atoms with Crippen LogP contribution in [0.4, 0.5) is 10.5 Å². The maximum Gasteiger partial charge on any atom is 0.408 e. The van der Waals surface area contributed by atoms with Crippen molar-refractivity contribution >= 4 is 23.5 Å². The first-order valence-corrected chi connectivity index (χ1v) is 9.71. The van der Waals surface area contributed by atoms with E-state index in [1.165, 1.54) is 0 Å². The molecule has 0 radical (unpaired) electrons. The van der Waals surface area contributed by atoms with Crippen molar-refractivity contribution in [3.8, 4) is 0 Å². The van der Waals surface area contributed by atoms with Gasteiger partial charge >= 0.3 is 6.09 Å². The number of benzene rings is 1. The Kier molecular flexibility index (Phi) is 9.32. The van der Waals surface area contributed by atoms with Gasteiger partial charge in [-0.25, -0.2) is 4.79 Å². The zero-order valence-electron chi connectivity index (χ0n) is 17.8. The molecule has 1 rings (SSSR count). The number of carbonyl (C=O) groups is 3. The van der Waals surface area contributed by atoms with Gasteiger partial charge in [0, 0.05) is 12.1 Å². The summed E-state index contributed by atoms with van der Waals surface area (Å²) in [7, 11) is 0. The summed E-state index contributed by atoms with van der Waals surface area (Å²) in [4.78, 5) is 36.8. The van der Waals surface area contributed by atoms with Gasteiger partial charge in [0.2, 0.25) is 5.91 Å². The van der Waals surface area contributed by atoms with Crippen molar-refractivity contribution in [2.45, 2.75) is 58.6 Å². The van der Waals surface area contributed by atoms with Gasteiger partial charge in [-0.3, -0.25) is 9.59 Å². The smallest absolute Gasteiger partial charge is 0.408 e. The third-order valence-corrected chi connectivity index (χ3v) is 4.17. The number of alkyl carbamates (subject to hydrolysis) is 1. The van der Waals surface area contributed by atoms with Crippen molar-refractivity contribution in [1.29, 1.82) is 0 Å². The van der Waals surface area contributed by atoms with Crippen molar-refractivity contribution in [3.05, 3.63) is 55.1 Å². The van der Waals surface area contributed by atoms with E-state index in [-0.39, 0.29) is 24.0 Å². The fourth-order valence-corrected chi connectivity index (χ4v) is 2.53. The number of anilines is 1. The maximum atomic E-state index is 12.7. The van der Waals surface area contributed by atoms with E-state index in [2.05, 4.69) is 23.8 Å². The predicted octanol–water partition coefficient (Wildman–Crippen LogP) is 4.42. The van der Waals surface area contributed by atoms with Gasteiger partial charge in [0.05, 0.1) is 12.0 Å². The van der Waals surface area contributed by atoms with Crippen LogP contribution < -0.4 is 10.6 Å². The Morgan fingerprint density at radius 3 is 2.41 bits per heavy atom. The molecule has 0 aliphatic rings. The molecule has 29 heavy (non-hydrogen) atoms.